The van der Waals surface area contributed by atoms with Crippen molar-refractivity contribution in [3.05, 3.63) is 100 Å². The third-order valence-electron chi connectivity index (χ3n) is 5.42. The molecule has 152 valence electrons. The maximum Gasteiger partial charge on any atom is 0.146 e. The second kappa shape index (κ2) is 8.34. The van der Waals surface area contributed by atoms with Gasteiger partial charge in [0.25, 0.3) is 0 Å². The van der Waals surface area contributed by atoms with Gasteiger partial charge in [0, 0.05) is 21.8 Å². The topological polar surface area (TPSA) is 52.6 Å². The minimum Gasteiger partial charge on any atom is -0.507 e. The van der Waals surface area contributed by atoms with Crippen molar-refractivity contribution >= 4 is 34.9 Å². The zero-order valence-corrected chi connectivity index (χ0v) is 17.6. The Morgan fingerprint density at radius 2 is 1.67 bits per heavy atom. The molecular weight excluding hydrogens is 396 g/mol. The summed E-state index contributed by atoms with van der Waals surface area (Å²) in [6.07, 6.45) is 0.801. The Balaban J connectivity index is 1.75. The molecule has 2 atom stereocenters. The Morgan fingerprint density at radius 1 is 1.00 bits per heavy atom. The first-order chi connectivity index (χ1) is 14.5. The minimum atomic E-state index is -0.652. The molecule has 2 N–H and O–H groups in total. The molecule has 0 aromatic heterocycles. The molecule has 4 nitrogen and oxygen atoms in total. The van der Waals surface area contributed by atoms with Crippen LogP contribution in [0.25, 0.3) is 11.3 Å². The highest BCUT2D eigenvalue weighted by Gasteiger charge is 2.28. The SMILES string of the molecule is CN(C)C(c1ccccc1)c1ccc(C2=C(O)c3ccc(Cl)cc3NC2C=O)cc1. The molecule has 1 heterocycles. The molecule has 0 aliphatic carbocycles. The van der Waals surface area contributed by atoms with Crippen LogP contribution in [-0.2, 0) is 4.79 Å². The normalized spacial score (nSPS) is 16.7. The summed E-state index contributed by atoms with van der Waals surface area (Å²) in [5.74, 6) is 0.0949. The molecule has 0 bridgehead atoms. The minimum absolute atomic E-state index is 0.0949. The van der Waals surface area contributed by atoms with Crippen LogP contribution in [0, 0.1) is 0 Å². The van der Waals surface area contributed by atoms with Gasteiger partial charge in [0.05, 0.1) is 6.04 Å². The lowest BCUT2D eigenvalue weighted by molar-refractivity contribution is -0.107. The van der Waals surface area contributed by atoms with E-state index in [0.717, 1.165) is 17.4 Å². The molecule has 3 aromatic rings. The highest BCUT2D eigenvalue weighted by molar-refractivity contribution is 6.31. The molecule has 1 aliphatic rings. The average molecular weight is 419 g/mol. The number of aliphatic hydroxyl groups excluding tert-OH is 1. The van der Waals surface area contributed by atoms with E-state index < -0.39 is 6.04 Å². The van der Waals surface area contributed by atoms with Crippen LogP contribution in [0.3, 0.4) is 0 Å². The van der Waals surface area contributed by atoms with Crippen molar-refractivity contribution in [2.45, 2.75) is 12.1 Å². The van der Waals surface area contributed by atoms with E-state index in [2.05, 4.69) is 36.4 Å². The molecule has 2 unspecified atom stereocenters. The molecule has 3 aromatic carbocycles. The standard InChI is InChI=1S/C25H23ClN2O2/c1-28(2)24(17-6-4-3-5-7-17)18-10-8-16(9-11-18)23-22(15-29)27-21-14-19(26)12-13-20(21)25(23)30/h3-15,22,24,27,30H,1-2H3. The molecule has 1 aliphatic heterocycles. The van der Waals surface area contributed by atoms with Gasteiger partial charge in [0.15, 0.2) is 0 Å². The first kappa shape index (κ1) is 20.2. The van der Waals surface area contributed by atoms with Gasteiger partial charge in [-0.3, -0.25) is 4.90 Å². The third-order valence-corrected chi connectivity index (χ3v) is 5.65. The van der Waals surface area contributed by atoms with Crippen molar-refractivity contribution in [2.75, 3.05) is 19.4 Å². The monoisotopic (exact) mass is 418 g/mol. The summed E-state index contributed by atoms with van der Waals surface area (Å²) >= 11 is 6.06. The number of hydrogen-bond donors (Lipinski definition) is 2. The Hall–Kier alpha value is -3.08. The lowest BCUT2D eigenvalue weighted by Crippen LogP contribution is -2.28. The number of aliphatic hydroxyl groups is 1. The number of fused-ring (bicyclic) bond motifs is 1. The second-order valence-corrected chi connectivity index (χ2v) is 8.05. The smallest absolute Gasteiger partial charge is 0.146 e. The second-order valence-electron chi connectivity index (χ2n) is 7.61. The Kier molecular flexibility index (Phi) is 5.62. The van der Waals surface area contributed by atoms with Gasteiger partial charge in [-0.05, 0) is 49.0 Å². The zero-order valence-electron chi connectivity index (χ0n) is 16.8. The van der Waals surface area contributed by atoms with Crippen molar-refractivity contribution in [3.63, 3.8) is 0 Å². The summed E-state index contributed by atoms with van der Waals surface area (Å²) in [5.41, 5.74) is 4.97. The fraction of sp³-hybridized carbons (Fsp3) is 0.160. The van der Waals surface area contributed by atoms with Crippen molar-refractivity contribution < 1.29 is 9.90 Å². The predicted octanol–water partition coefficient (Wildman–Crippen LogP) is 5.41. The molecule has 5 heteroatoms. The number of nitrogens with one attached hydrogen (secondary N) is 1. The van der Waals surface area contributed by atoms with Crippen LogP contribution in [0.1, 0.15) is 28.3 Å². The maximum absolute atomic E-state index is 11.8. The highest BCUT2D eigenvalue weighted by atomic mass is 35.5. The molecule has 0 fully saturated rings. The maximum atomic E-state index is 11.8. The fourth-order valence-electron chi connectivity index (χ4n) is 4.06. The zero-order chi connectivity index (χ0) is 21.3. The molecule has 4 rings (SSSR count). The van der Waals surface area contributed by atoms with Crippen LogP contribution in [0.5, 0.6) is 0 Å². The average Bonchev–Trinajstić information content (AvgIpc) is 2.74. The van der Waals surface area contributed by atoms with Crippen molar-refractivity contribution in [3.8, 4) is 0 Å². The van der Waals surface area contributed by atoms with Gasteiger partial charge in [-0.15, -0.1) is 0 Å². The first-order valence-electron chi connectivity index (χ1n) is 9.76. The number of carbonyl (C=O) groups excluding carboxylic acids is 1. The summed E-state index contributed by atoms with van der Waals surface area (Å²) in [6.45, 7) is 0. The Labute approximate surface area is 181 Å². The summed E-state index contributed by atoms with van der Waals surface area (Å²) in [7, 11) is 4.10. The molecule has 0 saturated heterocycles. The molecule has 30 heavy (non-hydrogen) atoms. The van der Waals surface area contributed by atoms with E-state index >= 15 is 0 Å². The quantitative estimate of drug-likeness (QED) is 0.544. The van der Waals surface area contributed by atoms with E-state index in [9.17, 15) is 9.90 Å². The van der Waals surface area contributed by atoms with E-state index in [0.29, 0.717) is 21.8 Å². The summed E-state index contributed by atoms with van der Waals surface area (Å²) in [4.78, 5) is 14.0. The van der Waals surface area contributed by atoms with Crippen molar-refractivity contribution in [1.82, 2.24) is 4.90 Å². The van der Waals surface area contributed by atoms with Crippen LogP contribution >= 0.6 is 11.6 Å². The number of halogens is 1. The summed E-state index contributed by atoms with van der Waals surface area (Å²) in [5, 5.41) is 14.7. The molecule has 0 radical (unpaired) electrons. The number of hydrogen-bond acceptors (Lipinski definition) is 4. The van der Waals surface area contributed by atoms with Gasteiger partial charge in [0.2, 0.25) is 0 Å². The third kappa shape index (κ3) is 3.72. The van der Waals surface area contributed by atoms with E-state index in [1.54, 1.807) is 18.2 Å². The van der Waals surface area contributed by atoms with Gasteiger partial charge >= 0.3 is 0 Å². The van der Waals surface area contributed by atoms with Crippen molar-refractivity contribution in [2.24, 2.45) is 0 Å². The van der Waals surface area contributed by atoms with Crippen LogP contribution < -0.4 is 5.32 Å². The van der Waals surface area contributed by atoms with E-state index in [-0.39, 0.29) is 11.8 Å². The van der Waals surface area contributed by atoms with E-state index in [4.69, 9.17) is 11.6 Å². The lowest BCUT2D eigenvalue weighted by Gasteiger charge is -2.28. The number of benzene rings is 3. The predicted molar refractivity (Wildman–Crippen MR) is 123 cm³/mol. The number of rotatable bonds is 5. The summed E-state index contributed by atoms with van der Waals surface area (Å²) < 4.78 is 0. The first-order valence-corrected chi connectivity index (χ1v) is 10.1. The van der Waals surface area contributed by atoms with Gasteiger partial charge in [-0.1, -0.05) is 66.2 Å². The van der Waals surface area contributed by atoms with E-state index in [1.807, 2.05) is 42.5 Å². The summed E-state index contributed by atoms with van der Waals surface area (Å²) in [6, 6.07) is 23.0. The lowest BCUT2D eigenvalue weighted by atomic mass is 9.89. The number of carbonyl (C=O) groups is 1. The molecular formula is C25H23ClN2O2. The van der Waals surface area contributed by atoms with Gasteiger partial charge in [-0.2, -0.15) is 0 Å². The Morgan fingerprint density at radius 3 is 2.30 bits per heavy atom. The van der Waals surface area contributed by atoms with Crippen LogP contribution in [0.15, 0.2) is 72.8 Å². The molecule has 0 saturated carbocycles. The van der Waals surface area contributed by atoms with Gasteiger partial charge in [-0.25, -0.2) is 0 Å². The number of aldehydes is 1. The van der Waals surface area contributed by atoms with E-state index in [1.165, 1.54) is 5.56 Å². The fourth-order valence-corrected chi connectivity index (χ4v) is 4.23. The number of anilines is 1. The largest absolute Gasteiger partial charge is 0.507 e. The van der Waals surface area contributed by atoms with Crippen LogP contribution in [0.2, 0.25) is 5.02 Å². The van der Waals surface area contributed by atoms with Gasteiger partial charge < -0.3 is 15.2 Å². The highest BCUT2D eigenvalue weighted by Crippen LogP contribution is 2.38. The Bertz CT molecular complexity index is 1090. The van der Waals surface area contributed by atoms with Crippen molar-refractivity contribution in [1.29, 1.82) is 0 Å². The number of nitrogens with zero attached hydrogens (tertiary/aromatic N) is 1. The molecule has 0 amide bonds. The van der Waals surface area contributed by atoms with Crippen LogP contribution in [-0.4, -0.2) is 36.4 Å². The van der Waals surface area contributed by atoms with Gasteiger partial charge in [0.1, 0.15) is 18.1 Å². The molecule has 0 spiro atoms. The van der Waals surface area contributed by atoms with Crippen LogP contribution in [0.4, 0.5) is 5.69 Å².